The number of fused-ring (bicyclic) bond motifs is 1. The zero-order chi connectivity index (χ0) is 16.8. The van der Waals surface area contributed by atoms with Gasteiger partial charge in [0.1, 0.15) is 11.8 Å². The van der Waals surface area contributed by atoms with Crippen LogP contribution < -0.4 is 10.1 Å². The SMILES string of the molecule is CC(C)C[C@H](NC(=O)COc1cccc2ccccc12)C(=O)O. The van der Waals surface area contributed by atoms with Crippen molar-refractivity contribution in [3.63, 3.8) is 0 Å². The molecule has 5 heteroatoms. The van der Waals surface area contributed by atoms with Crippen LogP contribution in [0, 0.1) is 5.92 Å². The quantitative estimate of drug-likeness (QED) is 0.824. The summed E-state index contributed by atoms with van der Waals surface area (Å²) in [6, 6.07) is 12.4. The third kappa shape index (κ3) is 4.71. The highest BCUT2D eigenvalue weighted by Gasteiger charge is 2.21. The fourth-order valence-corrected chi connectivity index (χ4v) is 2.39. The molecule has 0 unspecified atom stereocenters. The van der Waals surface area contributed by atoms with Gasteiger partial charge in [0, 0.05) is 5.39 Å². The van der Waals surface area contributed by atoms with Crippen molar-refractivity contribution in [1.82, 2.24) is 5.32 Å². The number of carbonyl (C=O) groups is 2. The number of aliphatic carboxylic acids is 1. The van der Waals surface area contributed by atoms with Crippen LogP contribution in [0.5, 0.6) is 5.75 Å². The maximum absolute atomic E-state index is 11.9. The first-order valence-electron chi connectivity index (χ1n) is 7.60. The van der Waals surface area contributed by atoms with Crippen LogP contribution in [-0.2, 0) is 9.59 Å². The second-order valence-electron chi connectivity index (χ2n) is 5.85. The van der Waals surface area contributed by atoms with Crippen LogP contribution in [0.25, 0.3) is 10.8 Å². The van der Waals surface area contributed by atoms with E-state index in [2.05, 4.69) is 5.32 Å². The molecule has 0 saturated heterocycles. The Kier molecular flexibility index (Phi) is 5.57. The molecule has 2 rings (SSSR count). The van der Waals surface area contributed by atoms with Gasteiger partial charge in [0.15, 0.2) is 6.61 Å². The Bertz CT molecular complexity index is 691. The van der Waals surface area contributed by atoms with Gasteiger partial charge in [0.2, 0.25) is 0 Å². The summed E-state index contributed by atoms with van der Waals surface area (Å²) in [5.74, 6) is -0.687. The molecule has 0 radical (unpaired) electrons. The number of nitrogens with one attached hydrogen (secondary N) is 1. The van der Waals surface area contributed by atoms with Crippen LogP contribution >= 0.6 is 0 Å². The number of hydrogen-bond acceptors (Lipinski definition) is 3. The molecule has 0 saturated carbocycles. The van der Waals surface area contributed by atoms with E-state index in [-0.39, 0.29) is 12.5 Å². The van der Waals surface area contributed by atoms with Gasteiger partial charge in [-0.05, 0) is 23.8 Å². The summed E-state index contributed by atoms with van der Waals surface area (Å²) in [5, 5.41) is 13.6. The number of hydrogen-bond donors (Lipinski definition) is 2. The minimum atomic E-state index is -1.03. The zero-order valence-corrected chi connectivity index (χ0v) is 13.3. The van der Waals surface area contributed by atoms with E-state index in [9.17, 15) is 9.59 Å². The fourth-order valence-electron chi connectivity index (χ4n) is 2.39. The summed E-state index contributed by atoms with van der Waals surface area (Å²) in [5.41, 5.74) is 0. The molecule has 0 heterocycles. The first kappa shape index (κ1) is 16.8. The van der Waals surface area contributed by atoms with Crippen molar-refractivity contribution in [3.05, 3.63) is 42.5 Å². The predicted molar refractivity (Wildman–Crippen MR) is 88.5 cm³/mol. The van der Waals surface area contributed by atoms with Crippen molar-refractivity contribution < 1.29 is 19.4 Å². The van der Waals surface area contributed by atoms with Crippen molar-refractivity contribution in [2.24, 2.45) is 5.92 Å². The number of benzene rings is 2. The van der Waals surface area contributed by atoms with Crippen molar-refractivity contribution in [3.8, 4) is 5.75 Å². The number of ether oxygens (including phenoxy) is 1. The van der Waals surface area contributed by atoms with Gasteiger partial charge in [-0.1, -0.05) is 50.2 Å². The molecule has 0 aliphatic rings. The number of carboxylic acid groups (broad SMARTS) is 1. The zero-order valence-electron chi connectivity index (χ0n) is 13.3. The summed E-state index contributed by atoms with van der Waals surface area (Å²) in [7, 11) is 0. The number of rotatable bonds is 7. The van der Waals surface area contributed by atoms with Crippen molar-refractivity contribution in [2.45, 2.75) is 26.3 Å². The average Bonchev–Trinajstić information content (AvgIpc) is 2.51. The minimum Gasteiger partial charge on any atom is -0.483 e. The maximum atomic E-state index is 11.9. The van der Waals surface area contributed by atoms with Crippen LogP contribution in [0.3, 0.4) is 0 Å². The minimum absolute atomic E-state index is 0.176. The van der Waals surface area contributed by atoms with E-state index in [4.69, 9.17) is 9.84 Å². The molecule has 0 fully saturated rings. The number of amides is 1. The van der Waals surface area contributed by atoms with Crippen LogP contribution in [-0.4, -0.2) is 29.6 Å². The Balaban J connectivity index is 1.99. The molecule has 23 heavy (non-hydrogen) atoms. The Morgan fingerprint density at radius 3 is 2.52 bits per heavy atom. The Labute approximate surface area is 135 Å². The van der Waals surface area contributed by atoms with Gasteiger partial charge in [-0.3, -0.25) is 4.79 Å². The Morgan fingerprint density at radius 1 is 1.13 bits per heavy atom. The van der Waals surface area contributed by atoms with Gasteiger partial charge in [-0.25, -0.2) is 4.79 Å². The van der Waals surface area contributed by atoms with Gasteiger partial charge < -0.3 is 15.2 Å². The smallest absolute Gasteiger partial charge is 0.326 e. The van der Waals surface area contributed by atoms with Crippen molar-refractivity contribution in [1.29, 1.82) is 0 Å². The Hall–Kier alpha value is -2.56. The second kappa shape index (κ2) is 7.63. The molecule has 0 bridgehead atoms. The van der Waals surface area contributed by atoms with E-state index in [1.807, 2.05) is 50.2 Å². The summed E-state index contributed by atoms with van der Waals surface area (Å²) in [4.78, 5) is 23.1. The van der Waals surface area contributed by atoms with Gasteiger partial charge in [-0.15, -0.1) is 0 Å². The highest BCUT2D eigenvalue weighted by atomic mass is 16.5. The largest absolute Gasteiger partial charge is 0.483 e. The van der Waals surface area contributed by atoms with E-state index in [0.717, 1.165) is 10.8 Å². The summed E-state index contributed by atoms with van der Waals surface area (Å²) in [6.07, 6.45) is 0.384. The third-order valence-corrected chi connectivity index (χ3v) is 3.45. The molecule has 2 N–H and O–H groups in total. The maximum Gasteiger partial charge on any atom is 0.326 e. The predicted octanol–water partition coefficient (Wildman–Crippen LogP) is 2.83. The Morgan fingerprint density at radius 2 is 1.83 bits per heavy atom. The second-order valence-corrected chi connectivity index (χ2v) is 5.85. The molecule has 1 amide bonds. The van der Waals surface area contributed by atoms with Gasteiger partial charge in [0.25, 0.3) is 5.91 Å². The molecule has 0 aromatic heterocycles. The first-order chi connectivity index (χ1) is 11.0. The molecule has 5 nitrogen and oxygen atoms in total. The van der Waals surface area contributed by atoms with Crippen molar-refractivity contribution >= 4 is 22.6 Å². The van der Waals surface area contributed by atoms with Gasteiger partial charge in [0.05, 0.1) is 0 Å². The monoisotopic (exact) mass is 315 g/mol. The van der Waals surface area contributed by atoms with Crippen LogP contribution in [0.2, 0.25) is 0 Å². The highest BCUT2D eigenvalue weighted by Crippen LogP contribution is 2.24. The van der Waals surface area contributed by atoms with Gasteiger partial charge in [-0.2, -0.15) is 0 Å². The number of carbonyl (C=O) groups excluding carboxylic acids is 1. The number of carboxylic acids is 1. The van der Waals surface area contributed by atoms with Crippen LogP contribution in [0.4, 0.5) is 0 Å². The van der Waals surface area contributed by atoms with E-state index in [1.54, 1.807) is 6.07 Å². The molecule has 122 valence electrons. The molecular formula is C18H21NO4. The lowest BCUT2D eigenvalue weighted by Gasteiger charge is -2.17. The van der Waals surface area contributed by atoms with E-state index >= 15 is 0 Å². The van der Waals surface area contributed by atoms with Crippen LogP contribution in [0.1, 0.15) is 20.3 Å². The fraction of sp³-hybridized carbons (Fsp3) is 0.333. The molecule has 1 atom stereocenters. The molecule has 0 spiro atoms. The molecule has 0 aliphatic heterocycles. The van der Waals surface area contributed by atoms with Gasteiger partial charge >= 0.3 is 5.97 Å². The molecule has 0 aliphatic carbocycles. The molecular weight excluding hydrogens is 294 g/mol. The average molecular weight is 315 g/mol. The first-order valence-corrected chi connectivity index (χ1v) is 7.60. The highest BCUT2D eigenvalue weighted by molar-refractivity contribution is 5.89. The van der Waals surface area contributed by atoms with Crippen molar-refractivity contribution in [2.75, 3.05) is 6.61 Å². The third-order valence-electron chi connectivity index (χ3n) is 3.45. The lowest BCUT2D eigenvalue weighted by atomic mass is 10.0. The van der Waals surface area contributed by atoms with E-state index in [1.165, 1.54) is 0 Å². The summed E-state index contributed by atoms with van der Waals surface area (Å²) < 4.78 is 5.56. The lowest BCUT2D eigenvalue weighted by molar-refractivity contribution is -0.142. The van der Waals surface area contributed by atoms with E-state index in [0.29, 0.717) is 12.2 Å². The molecule has 2 aromatic carbocycles. The normalized spacial score (nSPS) is 12.1. The lowest BCUT2D eigenvalue weighted by Crippen LogP contribution is -2.43. The summed E-state index contributed by atoms with van der Waals surface area (Å²) in [6.45, 7) is 3.61. The molecule has 2 aromatic rings. The van der Waals surface area contributed by atoms with Crippen LogP contribution in [0.15, 0.2) is 42.5 Å². The van der Waals surface area contributed by atoms with E-state index < -0.39 is 17.9 Å². The summed E-state index contributed by atoms with van der Waals surface area (Å²) >= 11 is 0. The topological polar surface area (TPSA) is 75.6 Å². The standard InChI is InChI=1S/C18H21NO4/c1-12(2)10-15(18(21)22)19-17(20)11-23-16-9-5-7-13-6-3-4-8-14(13)16/h3-9,12,15H,10-11H2,1-2H3,(H,19,20)(H,21,22)/t15-/m0/s1.